The summed E-state index contributed by atoms with van der Waals surface area (Å²) in [4.78, 5) is 24.0. The SMILES string of the molecule is COCO[C@]1(C(=O)CF)CC[C@H]2[C@@H]3CCC4=CC(=O)CC[C@]4(C)[C@@]3(Cl)[C@@H](O)C[C@@]21C. The van der Waals surface area contributed by atoms with Gasteiger partial charge < -0.3 is 14.6 Å². The van der Waals surface area contributed by atoms with Crippen LogP contribution in [0.4, 0.5) is 4.39 Å². The van der Waals surface area contributed by atoms with E-state index < -0.39 is 39.9 Å². The smallest absolute Gasteiger partial charge is 0.196 e. The van der Waals surface area contributed by atoms with Crippen LogP contribution in [0.2, 0.25) is 0 Å². The van der Waals surface area contributed by atoms with Crippen LogP contribution in [0.3, 0.4) is 0 Å². The molecule has 0 aromatic heterocycles. The molecule has 0 bridgehead atoms. The van der Waals surface area contributed by atoms with Gasteiger partial charge in [0, 0.05) is 24.4 Å². The number of hydrogen-bond acceptors (Lipinski definition) is 5. The number of aliphatic hydroxyl groups is 1. The van der Waals surface area contributed by atoms with Crippen LogP contribution in [0.1, 0.15) is 58.8 Å². The van der Waals surface area contributed by atoms with Gasteiger partial charge in [0.1, 0.15) is 12.4 Å². The van der Waals surface area contributed by atoms with Gasteiger partial charge in [0.2, 0.25) is 0 Å². The monoisotopic (exact) mass is 442 g/mol. The fraction of sp³-hybridized carbons (Fsp3) is 0.826. The lowest BCUT2D eigenvalue weighted by atomic mass is 9.45. The number of Topliss-reactive ketones (excluding diaryl/α,β-unsaturated/α-hetero) is 1. The van der Waals surface area contributed by atoms with Gasteiger partial charge in [-0.25, -0.2) is 4.39 Å². The lowest BCUT2D eigenvalue weighted by Crippen LogP contribution is -2.69. The summed E-state index contributed by atoms with van der Waals surface area (Å²) >= 11 is 7.40. The molecule has 30 heavy (non-hydrogen) atoms. The largest absolute Gasteiger partial charge is 0.391 e. The molecule has 0 amide bonds. The van der Waals surface area contributed by atoms with Crippen molar-refractivity contribution >= 4 is 23.2 Å². The predicted molar refractivity (Wildman–Crippen MR) is 110 cm³/mol. The number of methoxy groups -OCH3 is 1. The third kappa shape index (κ3) is 2.63. The number of carbonyl (C=O) groups excluding carboxylic acids is 2. The van der Waals surface area contributed by atoms with E-state index in [0.717, 1.165) is 18.4 Å². The second-order valence-electron chi connectivity index (χ2n) is 10.1. The summed E-state index contributed by atoms with van der Waals surface area (Å²) in [7, 11) is 1.47. The molecular formula is C23H32ClFO5. The zero-order valence-corrected chi connectivity index (χ0v) is 18.8. The molecule has 1 N–H and O–H groups in total. The van der Waals surface area contributed by atoms with Gasteiger partial charge in [0.15, 0.2) is 18.2 Å². The van der Waals surface area contributed by atoms with Crippen molar-refractivity contribution in [1.82, 2.24) is 0 Å². The molecule has 7 atom stereocenters. The van der Waals surface area contributed by atoms with Gasteiger partial charge in [-0.3, -0.25) is 9.59 Å². The Balaban J connectivity index is 1.78. The van der Waals surface area contributed by atoms with Gasteiger partial charge in [0.05, 0.1) is 11.0 Å². The Hall–Kier alpha value is -0.820. The van der Waals surface area contributed by atoms with Crippen molar-refractivity contribution < 1.29 is 28.6 Å². The maximum Gasteiger partial charge on any atom is 0.196 e. The normalized spacial score (nSPS) is 47.9. The van der Waals surface area contributed by atoms with Crippen molar-refractivity contribution in [3.8, 4) is 0 Å². The Labute approximate surface area is 182 Å². The predicted octanol–water partition coefficient (Wildman–Crippen LogP) is 3.75. The van der Waals surface area contributed by atoms with Crippen molar-refractivity contribution in [3.05, 3.63) is 11.6 Å². The summed E-state index contributed by atoms with van der Waals surface area (Å²) in [6.45, 7) is 2.82. The van der Waals surface area contributed by atoms with Crippen molar-refractivity contribution in [2.45, 2.75) is 75.4 Å². The minimum Gasteiger partial charge on any atom is -0.391 e. The highest BCUT2D eigenvalue weighted by Gasteiger charge is 2.73. The fourth-order valence-electron chi connectivity index (χ4n) is 7.60. The van der Waals surface area contributed by atoms with Crippen LogP contribution in [-0.2, 0) is 19.1 Å². The van der Waals surface area contributed by atoms with Gasteiger partial charge >= 0.3 is 0 Å². The molecule has 3 saturated carbocycles. The zero-order valence-electron chi connectivity index (χ0n) is 18.0. The molecule has 0 aromatic rings. The van der Waals surface area contributed by atoms with E-state index in [1.54, 1.807) is 6.08 Å². The Bertz CT molecular complexity index is 786. The molecule has 5 nitrogen and oxygen atoms in total. The van der Waals surface area contributed by atoms with E-state index in [2.05, 4.69) is 6.92 Å². The lowest BCUT2D eigenvalue weighted by Gasteiger charge is -2.65. The van der Waals surface area contributed by atoms with Crippen LogP contribution in [0.15, 0.2) is 11.6 Å². The molecule has 7 heteroatoms. The molecule has 0 unspecified atom stereocenters. The topological polar surface area (TPSA) is 72.8 Å². The summed E-state index contributed by atoms with van der Waals surface area (Å²) in [5.74, 6) is -0.493. The van der Waals surface area contributed by atoms with E-state index in [-0.39, 0.29) is 30.8 Å². The van der Waals surface area contributed by atoms with Crippen LogP contribution in [0.5, 0.6) is 0 Å². The van der Waals surface area contributed by atoms with Crippen molar-refractivity contribution in [2.24, 2.45) is 22.7 Å². The number of allylic oxidation sites excluding steroid dienone is 1. The van der Waals surface area contributed by atoms with E-state index in [9.17, 15) is 19.1 Å². The first-order valence-corrected chi connectivity index (χ1v) is 11.3. The van der Waals surface area contributed by atoms with Crippen LogP contribution in [-0.4, -0.2) is 53.8 Å². The summed E-state index contributed by atoms with van der Waals surface area (Å²) in [5, 5.41) is 11.5. The lowest BCUT2D eigenvalue weighted by molar-refractivity contribution is -0.211. The number of rotatable bonds is 5. The molecular weight excluding hydrogens is 411 g/mol. The third-order valence-corrected chi connectivity index (χ3v) is 10.1. The highest BCUT2D eigenvalue weighted by atomic mass is 35.5. The van der Waals surface area contributed by atoms with E-state index >= 15 is 0 Å². The van der Waals surface area contributed by atoms with Gasteiger partial charge in [-0.15, -0.1) is 11.6 Å². The molecule has 0 radical (unpaired) electrons. The summed E-state index contributed by atoms with van der Waals surface area (Å²) in [6, 6.07) is 0. The Morgan fingerprint density at radius 3 is 2.67 bits per heavy atom. The highest BCUT2D eigenvalue weighted by molar-refractivity contribution is 6.26. The average molecular weight is 443 g/mol. The summed E-state index contributed by atoms with van der Waals surface area (Å²) in [6.07, 6.45) is 4.71. The second kappa shape index (κ2) is 7.36. The van der Waals surface area contributed by atoms with E-state index in [0.29, 0.717) is 25.7 Å². The van der Waals surface area contributed by atoms with Crippen molar-refractivity contribution in [2.75, 3.05) is 20.6 Å². The van der Waals surface area contributed by atoms with Crippen LogP contribution in [0.25, 0.3) is 0 Å². The Kier molecular flexibility index (Phi) is 5.49. The second-order valence-corrected chi connectivity index (χ2v) is 10.7. The Morgan fingerprint density at radius 2 is 2.00 bits per heavy atom. The number of alkyl halides is 2. The van der Waals surface area contributed by atoms with Crippen LogP contribution < -0.4 is 0 Å². The number of fused-ring (bicyclic) bond motifs is 5. The first-order valence-electron chi connectivity index (χ1n) is 10.9. The molecule has 0 spiro atoms. The number of hydrogen-bond donors (Lipinski definition) is 1. The molecule has 4 aliphatic carbocycles. The maximum atomic E-state index is 13.7. The van der Waals surface area contributed by atoms with Crippen molar-refractivity contribution in [3.63, 3.8) is 0 Å². The number of aliphatic hydroxyl groups excluding tert-OH is 1. The molecule has 0 heterocycles. The highest BCUT2D eigenvalue weighted by Crippen LogP contribution is 2.71. The summed E-state index contributed by atoms with van der Waals surface area (Å²) in [5.41, 5.74) is -1.50. The molecule has 0 aromatic carbocycles. The van der Waals surface area contributed by atoms with Gasteiger partial charge in [-0.05, 0) is 56.4 Å². The van der Waals surface area contributed by atoms with E-state index in [1.807, 2.05) is 6.92 Å². The maximum absolute atomic E-state index is 13.7. The molecule has 4 aliphatic rings. The fourth-order valence-corrected chi connectivity index (χ4v) is 8.16. The minimum atomic E-state index is -1.32. The number of halogens is 2. The third-order valence-electron chi connectivity index (χ3n) is 9.16. The average Bonchev–Trinajstić information content (AvgIpc) is 3.00. The molecule has 0 saturated heterocycles. The quantitative estimate of drug-likeness (QED) is 0.518. The van der Waals surface area contributed by atoms with E-state index in [1.165, 1.54) is 7.11 Å². The number of ether oxygens (including phenoxy) is 2. The molecule has 168 valence electrons. The molecule has 3 fully saturated rings. The number of carbonyl (C=O) groups is 2. The van der Waals surface area contributed by atoms with Gasteiger partial charge in [0.25, 0.3) is 0 Å². The summed E-state index contributed by atoms with van der Waals surface area (Å²) < 4.78 is 24.7. The standard InChI is InChI=1S/C23H32ClFO5/c1-20-8-6-15(26)10-14(20)4-5-17-16-7-9-22(19(28)12-25,30-13-29-3)21(16,2)11-18(27)23(17,20)24/h10,16-18,27H,4-9,11-13H2,1-3H3/t16-,17-,18-,20-,21-,22-,23-/m0/s1. The van der Waals surface area contributed by atoms with Crippen LogP contribution in [0, 0.1) is 22.7 Å². The van der Waals surface area contributed by atoms with Crippen LogP contribution >= 0.6 is 11.6 Å². The molecule has 4 rings (SSSR count). The Morgan fingerprint density at radius 1 is 1.27 bits per heavy atom. The number of ketones is 2. The van der Waals surface area contributed by atoms with Gasteiger partial charge in [-0.2, -0.15) is 0 Å². The first kappa shape index (κ1) is 22.4. The van der Waals surface area contributed by atoms with Crippen molar-refractivity contribution in [1.29, 1.82) is 0 Å². The zero-order chi connectivity index (χ0) is 21.9. The first-order chi connectivity index (χ1) is 14.1. The molecule has 0 aliphatic heterocycles. The van der Waals surface area contributed by atoms with E-state index in [4.69, 9.17) is 21.1 Å². The minimum absolute atomic E-state index is 0.0155. The van der Waals surface area contributed by atoms with Gasteiger partial charge in [-0.1, -0.05) is 19.4 Å².